The summed E-state index contributed by atoms with van der Waals surface area (Å²) in [6, 6.07) is -1.71. The highest BCUT2D eigenvalue weighted by Gasteiger charge is 2.25. The largest absolute Gasteiger partial charge is 0.352 e. The van der Waals surface area contributed by atoms with E-state index in [4.69, 9.17) is 7.10 Å². The topological polar surface area (TPSA) is 113 Å². The molecule has 0 fully saturated rings. The zero-order chi connectivity index (χ0) is 17.8. The van der Waals surface area contributed by atoms with E-state index in [0.29, 0.717) is 19.4 Å². The van der Waals surface area contributed by atoms with E-state index in [1.165, 1.54) is 0 Å². The van der Waals surface area contributed by atoms with E-state index < -0.39 is 12.1 Å². The second kappa shape index (κ2) is 11.0. The van der Waals surface area contributed by atoms with Gasteiger partial charge in [-0.25, -0.2) is 4.79 Å². The number of nitrogens with one attached hydrogen (secondary N) is 3. The van der Waals surface area contributed by atoms with E-state index in [0.717, 1.165) is 13.0 Å². The third-order valence-corrected chi connectivity index (χ3v) is 3.24. The zero-order valence-corrected chi connectivity index (χ0v) is 13.8. The van der Waals surface area contributed by atoms with Crippen LogP contribution in [0.3, 0.4) is 0 Å². The molecule has 0 unspecified atom stereocenters. The fourth-order valence-corrected chi connectivity index (χ4v) is 2.02. The van der Waals surface area contributed by atoms with Crippen molar-refractivity contribution in [3.63, 3.8) is 0 Å². The molecule has 7 heteroatoms. The summed E-state index contributed by atoms with van der Waals surface area (Å²) in [5.74, 6) is -0.483. The molecule has 0 aromatic carbocycles. The van der Waals surface area contributed by atoms with Gasteiger partial charge in [0.2, 0.25) is 5.91 Å². The molecule has 0 saturated carbocycles. The molecule has 22 heavy (non-hydrogen) atoms. The third-order valence-electron chi connectivity index (χ3n) is 3.24. The number of Topliss-reactive ketones (excluding diaryl/α,β-unsaturated/α-hetero) is 1. The van der Waals surface area contributed by atoms with Crippen molar-refractivity contribution >= 4 is 17.7 Å². The Kier molecular flexibility index (Phi) is 9.21. The number of primary amides is 1. The Labute approximate surface area is 134 Å². The Morgan fingerprint density at radius 2 is 1.91 bits per heavy atom. The molecule has 0 aliphatic heterocycles. The number of hydrogen-bond acceptors (Lipinski definition) is 4. The molecule has 0 aromatic heterocycles. The lowest BCUT2D eigenvalue weighted by molar-refractivity contribution is -0.129. The Balaban J connectivity index is 4.62. The minimum Gasteiger partial charge on any atom is -0.352 e. The molecule has 0 bridgehead atoms. The smallest absolute Gasteiger partial charge is 0.312 e. The summed E-state index contributed by atoms with van der Waals surface area (Å²) in [7, 11) is 0. The van der Waals surface area contributed by atoms with Crippen molar-refractivity contribution in [1.29, 1.82) is 0 Å². The second-order valence-electron chi connectivity index (χ2n) is 5.64. The first kappa shape index (κ1) is 18.4. The second-order valence-corrected chi connectivity index (χ2v) is 5.64. The lowest BCUT2D eigenvalue weighted by Crippen LogP contribution is -2.52. The van der Waals surface area contributed by atoms with E-state index in [1.807, 2.05) is 20.8 Å². The molecule has 0 aliphatic carbocycles. The minimum absolute atomic E-state index is 0.0878. The van der Waals surface area contributed by atoms with Crippen molar-refractivity contribution < 1.29 is 15.8 Å². The van der Waals surface area contributed by atoms with Gasteiger partial charge in [-0.2, -0.15) is 0 Å². The quantitative estimate of drug-likeness (QED) is 0.417. The van der Waals surface area contributed by atoms with Crippen LogP contribution in [0.5, 0.6) is 0 Å². The maximum atomic E-state index is 12.4. The molecule has 0 saturated heterocycles. The highest BCUT2D eigenvalue weighted by molar-refractivity contribution is 5.89. The lowest BCUT2D eigenvalue weighted by atomic mass is 10.0. The van der Waals surface area contributed by atoms with Crippen molar-refractivity contribution in [1.82, 2.24) is 16.0 Å². The molecule has 0 heterocycles. The zero-order valence-electron chi connectivity index (χ0n) is 14.8. The summed E-state index contributed by atoms with van der Waals surface area (Å²) in [6.45, 7) is 6.55. The number of ketones is 1. The predicted molar refractivity (Wildman–Crippen MR) is 86.4 cm³/mol. The first-order valence-corrected chi connectivity index (χ1v) is 7.72. The van der Waals surface area contributed by atoms with Gasteiger partial charge in [-0.1, -0.05) is 20.8 Å². The molecule has 7 nitrogen and oxygen atoms in total. The van der Waals surface area contributed by atoms with E-state index in [2.05, 4.69) is 16.0 Å². The van der Waals surface area contributed by atoms with Crippen LogP contribution in [0.4, 0.5) is 4.79 Å². The van der Waals surface area contributed by atoms with Gasteiger partial charge >= 0.3 is 6.03 Å². The van der Waals surface area contributed by atoms with Crippen LogP contribution in [0.25, 0.3) is 0 Å². The molecular formula is C15H30N4O3. The van der Waals surface area contributed by atoms with Crippen molar-refractivity contribution in [3.05, 3.63) is 0 Å². The third kappa shape index (κ3) is 8.61. The highest BCUT2D eigenvalue weighted by Crippen LogP contribution is 2.05. The van der Waals surface area contributed by atoms with Crippen LogP contribution in [0, 0.1) is 5.92 Å². The average molecular weight is 315 g/mol. The van der Waals surface area contributed by atoms with Crippen LogP contribution in [-0.2, 0) is 9.59 Å². The summed E-state index contributed by atoms with van der Waals surface area (Å²) in [4.78, 5) is 34.8. The number of amides is 3. The van der Waals surface area contributed by atoms with Gasteiger partial charge in [0.25, 0.3) is 0 Å². The molecule has 0 spiro atoms. The molecule has 0 aromatic rings. The van der Waals surface area contributed by atoms with E-state index in [1.54, 1.807) is 0 Å². The van der Waals surface area contributed by atoms with Crippen LogP contribution in [0.15, 0.2) is 0 Å². The summed E-state index contributed by atoms with van der Waals surface area (Å²) < 4.78 is 7.23. The maximum Gasteiger partial charge on any atom is 0.312 e. The molecule has 0 rings (SSSR count). The van der Waals surface area contributed by atoms with Crippen LogP contribution in [-0.4, -0.2) is 42.9 Å². The van der Waals surface area contributed by atoms with Crippen LogP contribution in [0.1, 0.15) is 48.3 Å². The fourth-order valence-electron chi connectivity index (χ4n) is 2.02. The van der Waals surface area contributed by atoms with E-state index in [-0.39, 0.29) is 30.5 Å². The standard InChI is InChI=1S/C15H30N4O3/c1-5-8-17-13(10(2)3)14(21)19-12(11(4)20)7-6-9-18-15(16)22/h10,12-13,17H,5-9H2,1-4H3,(H,19,21)(H3,16,18,22)/t12-,13-/m0/s1/i4D. The molecular weight excluding hydrogens is 284 g/mol. The lowest BCUT2D eigenvalue weighted by Gasteiger charge is -2.24. The Bertz CT molecular complexity index is 391. The fraction of sp³-hybridized carbons (Fsp3) is 0.800. The number of carbonyl (C=O) groups is 3. The summed E-state index contributed by atoms with van der Waals surface area (Å²) in [5.41, 5.74) is 4.97. The van der Waals surface area contributed by atoms with Gasteiger partial charge in [0.1, 0.15) is 0 Å². The van der Waals surface area contributed by atoms with Gasteiger partial charge in [-0.15, -0.1) is 0 Å². The Morgan fingerprint density at radius 1 is 1.23 bits per heavy atom. The normalized spacial score (nSPS) is 14.1. The van der Waals surface area contributed by atoms with Crippen LogP contribution in [0.2, 0.25) is 0 Å². The Morgan fingerprint density at radius 3 is 2.41 bits per heavy atom. The van der Waals surface area contributed by atoms with Crippen molar-refractivity contribution in [2.24, 2.45) is 11.7 Å². The number of hydrogen-bond donors (Lipinski definition) is 4. The molecule has 2 atom stereocenters. The van der Waals surface area contributed by atoms with E-state index in [9.17, 15) is 14.4 Å². The van der Waals surface area contributed by atoms with Crippen molar-refractivity contribution in [3.8, 4) is 0 Å². The van der Waals surface area contributed by atoms with Gasteiger partial charge in [0, 0.05) is 7.92 Å². The minimum atomic E-state index is -0.709. The molecule has 0 aliphatic rings. The van der Waals surface area contributed by atoms with Gasteiger partial charge in [-0.3, -0.25) is 9.59 Å². The number of carbonyl (C=O) groups excluding carboxylic acids is 3. The molecule has 0 radical (unpaired) electrons. The van der Waals surface area contributed by atoms with Gasteiger partial charge in [-0.05, 0) is 38.6 Å². The number of rotatable bonds is 11. The SMILES string of the molecule is [2H]CC(=O)[C@H](CCCNC(N)=O)NC(=O)[C@@H](NCCC)C(C)C. The number of nitrogens with two attached hydrogens (primary N) is 1. The average Bonchev–Trinajstić information content (AvgIpc) is 2.49. The molecule has 128 valence electrons. The maximum absolute atomic E-state index is 12.4. The summed E-state index contributed by atoms with van der Waals surface area (Å²) in [5, 5.41) is 8.34. The highest BCUT2D eigenvalue weighted by atomic mass is 16.2. The van der Waals surface area contributed by atoms with Crippen LogP contribution < -0.4 is 21.7 Å². The van der Waals surface area contributed by atoms with Gasteiger partial charge in [0.15, 0.2) is 5.78 Å². The summed E-state index contributed by atoms with van der Waals surface area (Å²) in [6.07, 6.45) is 1.76. The first-order valence-electron chi connectivity index (χ1n) is 8.43. The molecule has 5 N–H and O–H groups in total. The van der Waals surface area contributed by atoms with E-state index >= 15 is 0 Å². The first-order chi connectivity index (χ1) is 10.8. The monoisotopic (exact) mass is 315 g/mol. The van der Waals surface area contributed by atoms with Crippen LogP contribution >= 0.6 is 0 Å². The van der Waals surface area contributed by atoms with Crippen molar-refractivity contribution in [2.45, 2.75) is 59.0 Å². The van der Waals surface area contributed by atoms with Gasteiger partial charge in [0.05, 0.1) is 12.1 Å². The van der Waals surface area contributed by atoms with Gasteiger partial charge < -0.3 is 21.7 Å². The van der Waals surface area contributed by atoms with Crippen molar-refractivity contribution in [2.75, 3.05) is 13.1 Å². The predicted octanol–water partition coefficient (Wildman–Crippen LogP) is 0.533. The molecule has 3 amide bonds. The number of urea groups is 1. The Hall–Kier alpha value is -1.63. The summed E-state index contributed by atoms with van der Waals surface area (Å²) >= 11 is 0.